The van der Waals surface area contributed by atoms with E-state index >= 15 is 0 Å². The molecule has 0 saturated carbocycles. The molecule has 0 saturated heterocycles. The quantitative estimate of drug-likeness (QED) is 0.629. The number of carbonyl (C=O) groups is 2. The van der Waals surface area contributed by atoms with Crippen LogP contribution in [0.5, 0.6) is 0 Å². The molecule has 24 heavy (non-hydrogen) atoms. The van der Waals surface area contributed by atoms with Crippen molar-refractivity contribution in [2.24, 2.45) is 7.05 Å². The Bertz CT molecular complexity index is 854. The third kappa shape index (κ3) is 2.52. The number of benzene rings is 1. The van der Waals surface area contributed by atoms with E-state index in [1.807, 2.05) is 0 Å². The van der Waals surface area contributed by atoms with Crippen LogP contribution in [-0.4, -0.2) is 28.0 Å². The molecule has 0 N–H and O–H groups in total. The van der Waals surface area contributed by atoms with E-state index in [9.17, 15) is 14.0 Å². The van der Waals surface area contributed by atoms with Crippen LogP contribution < -0.4 is 4.90 Å². The third-order valence-electron chi connectivity index (χ3n) is 4.62. The highest BCUT2D eigenvalue weighted by Crippen LogP contribution is 2.32. The van der Waals surface area contributed by atoms with E-state index in [2.05, 4.69) is 5.10 Å². The summed E-state index contributed by atoms with van der Waals surface area (Å²) in [6, 6.07) is 2.85. The van der Waals surface area contributed by atoms with E-state index in [-0.39, 0.29) is 5.82 Å². The van der Waals surface area contributed by atoms with Gasteiger partial charge in [-0.05, 0) is 56.9 Å². The smallest absolute Gasteiger partial charge is 0.299 e. The molecule has 1 aromatic carbocycles. The molecule has 0 spiro atoms. The molecule has 0 aliphatic carbocycles. The molecule has 1 aromatic heterocycles. The van der Waals surface area contributed by atoms with Crippen molar-refractivity contribution in [3.05, 3.63) is 46.0 Å². The van der Waals surface area contributed by atoms with Crippen molar-refractivity contribution in [3.63, 3.8) is 0 Å². The van der Waals surface area contributed by atoms with E-state index in [1.165, 1.54) is 17.0 Å². The zero-order chi connectivity index (χ0) is 17.6. The van der Waals surface area contributed by atoms with Crippen molar-refractivity contribution in [2.45, 2.75) is 33.6 Å². The summed E-state index contributed by atoms with van der Waals surface area (Å²) in [6.45, 7) is 5.71. The van der Waals surface area contributed by atoms with E-state index in [0.29, 0.717) is 47.6 Å². The Balaban J connectivity index is 2.02. The summed E-state index contributed by atoms with van der Waals surface area (Å²) in [6.07, 6.45) is 1.41. The van der Waals surface area contributed by atoms with Gasteiger partial charge in [-0.25, -0.2) is 4.39 Å². The van der Waals surface area contributed by atoms with Crippen molar-refractivity contribution >= 4 is 17.4 Å². The van der Waals surface area contributed by atoms with Crippen molar-refractivity contribution in [1.29, 1.82) is 0 Å². The summed E-state index contributed by atoms with van der Waals surface area (Å²) in [5, 5.41) is 4.21. The highest BCUT2D eigenvalue weighted by atomic mass is 19.1. The van der Waals surface area contributed by atoms with E-state index < -0.39 is 11.7 Å². The molecule has 0 radical (unpaired) electrons. The van der Waals surface area contributed by atoms with Gasteiger partial charge in [-0.15, -0.1) is 0 Å². The monoisotopic (exact) mass is 329 g/mol. The van der Waals surface area contributed by atoms with Gasteiger partial charge in [0.15, 0.2) is 0 Å². The van der Waals surface area contributed by atoms with E-state index in [4.69, 9.17) is 0 Å². The number of hydrogen-bond donors (Lipinski definition) is 0. The Morgan fingerprint density at radius 1 is 1.21 bits per heavy atom. The number of hydrogen-bond acceptors (Lipinski definition) is 3. The van der Waals surface area contributed by atoms with E-state index in [1.54, 1.807) is 32.5 Å². The normalized spacial score (nSPS) is 13.8. The molecule has 1 aliphatic rings. The number of ketones is 1. The number of aromatic nitrogens is 2. The van der Waals surface area contributed by atoms with Gasteiger partial charge in [0.25, 0.3) is 11.7 Å². The highest BCUT2D eigenvalue weighted by Gasteiger charge is 2.32. The molecule has 3 rings (SSSR count). The molecule has 0 fully saturated rings. The first-order chi connectivity index (χ1) is 11.3. The molecule has 126 valence electrons. The van der Waals surface area contributed by atoms with Gasteiger partial charge in [-0.1, -0.05) is 0 Å². The number of rotatable bonds is 2. The molecule has 0 unspecified atom stereocenters. The number of fused-ring (bicyclic) bond motifs is 1. The van der Waals surface area contributed by atoms with Crippen molar-refractivity contribution in [1.82, 2.24) is 9.78 Å². The van der Waals surface area contributed by atoms with Crippen LogP contribution in [0.3, 0.4) is 0 Å². The fourth-order valence-electron chi connectivity index (χ4n) is 3.46. The summed E-state index contributed by atoms with van der Waals surface area (Å²) in [5.74, 6) is -1.45. The Morgan fingerprint density at radius 3 is 2.54 bits per heavy atom. The molecule has 0 bridgehead atoms. The van der Waals surface area contributed by atoms with Gasteiger partial charge >= 0.3 is 0 Å². The minimum absolute atomic E-state index is 0.314. The number of halogens is 1. The number of Topliss-reactive ketones (excluding diaryl/α,β-unsaturated/α-hetero) is 1. The molecule has 6 heteroatoms. The number of nitrogens with zero attached hydrogens (tertiary/aromatic N) is 3. The summed E-state index contributed by atoms with van der Waals surface area (Å²) in [4.78, 5) is 27.1. The summed E-state index contributed by atoms with van der Waals surface area (Å²) < 4.78 is 15.2. The number of carbonyl (C=O) groups excluding carboxylic acids is 2. The van der Waals surface area contributed by atoms with Crippen LogP contribution >= 0.6 is 0 Å². The average Bonchev–Trinajstić information content (AvgIpc) is 2.77. The van der Waals surface area contributed by atoms with Crippen LogP contribution in [0.2, 0.25) is 0 Å². The second-order valence-corrected chi connectivity index (χ2v) is 6.29. The van der Waals surface area contributed by atoms with Gasteiger partial charge in [-0.3, -0.25) is 14.3 Å². The summed E-state index contributed by atoms with van der Waals surface area (Å²) in [7, 11) is 1.74. The van der Waals surface area contributed by atoms with Gasteiger partial charge in [0.1, 0.15) is 5.82 Å². The highest BCUT2D eigenvalue weighted by molar-refractivity contribution is 6.47. The molecule has 2 aromatic rings. The minimum Gasteiger partial charge on any atom is -0.305 e. The van der Waals surface area contributed by atoms with Crippen LogP contribution in [0.1, 0.15) is 39.3 Å². The van der Waals surface area contributed by atoms with Crippen LogP contribution in [0.15, 0.2) is 12.1 Å². The van der Waals surface area contributed by atoms with Crippen LogP contribution in [0.25, 0.3) is 0 Å². The van der Waals surface area contributed by atoms with Gasteiger partial charge in [0.05, 0.1) is 16.9 Å². The molecule has 2 heterocycles. The first-order valence-electron chi connectivity index (χ1n) is 7.96. The minimum atomic E-state index is -0.579. The SMILES string of the molecule is Cc1cc(F)cc2c1N(C(=O)C(=O)c1c(C)nn(C)c1C)CCC2. The van der Waals surface area contributed by atoms with Gasteiger partial charge < -0.3 is 4.90 Å². The summed E-state index contributed by atoms with van der Waals surface area (Å²) >= 11 is 0. The van der Waals surface area contributed by atoms with E-state index in [0.717, 1.165) is 5.56 Å². The van der Waals surface area contributed by atoms with Crippen LogP contribution in [0.4, 0.5) is 10.1 Å². The maximum absolute atomic E-state index is 13.6. The Hall–Kier alpha value is -2.50. The Kier molecular flexibility index (Phi) is 3.99. The molecule has 5 nitrogen and oxygen atoms in total. The second-order valence-electron chi connectivity index (χ2n) is 6.29. The number of amides is 1. The fourth-order valence-corrected chi connectivity index (χ4v) is 3.46. The maximum atomic E-state index is 13.6. The second kappa shape index (κ2) is 5.85. The zero-order valence-corrected chi connectivity index (χ0v) is 14.3. The predicted molar refractivity (Wildman–Crippen MR) is 88.8 cm³/mol. The lowest BCUT2D eigenvalue weighted by atomic mass is 9.96. The molecule has 1 amide bonds. The molecule has 0 atom stereocenters. The topological polar surface area (TPSA) is 55.2 Å². The van der Waals surface area contributed by atoms with Crippen LogP contribution in [0, 0.1) is 26.6 Å². The largest absolute Gasteiger partial charge is 0.305 e. The first-order valence-corrected chi connectivity index (χ1v) is 7.96. The lowest BCUT2D eigenvalue weighted by Gasteiger charge is -2.30. The molecular formula is C18H20FN3O2. The Labute approximate surface area is 140 Å². The average molecular weight is 329 g/mol. The van der Waals surface area contributed by atoms with Crippen molar-refractivity contribution < 1.29 is 14.0 Å². The fraction of sp³-hybridized carbons (Fsp3) is 0.389. The van der Waals surface area contributed by atoms with Crippen molar-refractivity contribution in [2.75, 3.05) is 11.4 Å². The number of anilines is 1. The van der Waals surface area contributed by atoms with Gasteiger partial charge in [0.2, 0.25) is 0 Å². The van der Waals surface area contributed by atoms with Crippen LogP contribution in [-0.2, 0) is 18.3 Å². The standard InChI is InChI=1S/C18H20FN3O2/c1-10-8-14(19)9-13-6-5-7-22(16(10)13)18(24)17(23)15-11(2)20-21(4)12(15)3/h8-9H,5-7H2,1-4H3. The molecule has 1 aliphatic heterocycles. The lowest BCUT2D eigenvalue weighted by molar-refractivity contribution is -0.114. The third-order valence-corrected chi connectivity index (χ3v) is 4.62. The van der Waals surface area contributed by atoms with Gasteiger partial charge in [-0.2, -0.15) is 5.10 Å². The van der Waals surface area contributed by atoms with Crippen molar-refractivity contribution in [3.8, 4) is 0 Å². The first kappa shape index (κ1) is 16.4. The zero-order valence-electron chi connectivity index (χ0n) is 14.3. The number of aryl methyl sites for hydroxylation is 4. The lowest BCUT2D eigenvalue weighted by Crippen LogP contribution is -2.41. The summed E-state index contributed by atoms with van der Waals surface area (Å²) in [5.41, 5.74) is 3.68. The molecular weight excluding hydrogens is 309 g/mol. The van der Waals surface area contributed by atoms with Gasteiger partial charge in [0, 0.05) is 19.3 Å². The predicted octanol–water partition coefficient (Wildman–Crippen LogP) is 2.65. The Morgan fingerprint density at radius 2 is 1.92 bits per heavy atom. The maximum Gasteiger partial charge on any atom is 0.299 e.